The number of unbranched alkanes of at least 4 members (excludes halogenated alkanes) is 1. The number of carbonyl (C=O) groups is 2. The lowest BCUT2D eigenvalue weighted by Gasteiger charge is -2.12. The van der Waals surface area contributed by atoms with Crippen LogP contribution in [0.3, 0.4) is 0 Å². The van der Waals surface area contributed by atoms with Gasteiger partial charge in [0.2, 0.25) is 0 Å². The van der Waals surface area contributed by atoms with Gasteiger partial charge in [0.1, 0.15) is 22.8 Å². The average Bonchev–Trinajstić information content (AvgIpc) is 3.29. The van der Waals surface area contributed by atoms with E-state index in [2.05, 4.69) is 16.8 Å². The van der Waals surface area contributed by atoms with Gasteiger partial charge < -0.3 is 14.6 Å². The standard InChI is InChI=1S/C27H21FN2O5/c1-34-27(33)21-12-11-20(28)17-23(21)35-24-16-19-13-14-30(26(32)18-8-4-2-5-9-18)25(19)29-22(24)10-6-3-7-15-31/h2,4-5,8-9,11-14,16-17,31H,3,7,15H2,1H3. The third kappa shape index (κ3) is 5.21. The molecule has 4 rings (SSSR count). The SMILES string of the molecule is COC(=O)c1ccc(F)cc1Oc1cc2ccn(C(=O)c3ccccc3)c2nc1C#CCCCO. The molecule has 0 bridgehead atoms. The molecule has 0 spiro atoms. The highest BCUT2D eigenvalue weighted by molar-refractivity contribution is 6.01. The maximum atomic E-state index is 14.0. The third-order valence-electron chi connectivity index (χ3n) is 5.10. The first-order chi connectivity index (χ1) is 17.0. The molecule has 0 saturated carbocycles. The van der Waals surface area contributed by atoms with E-state index >= 15 is 0 Å². The molecule has 35 heavy (non-hydrogen) atoms. The molecule has 0 aliphatic carbocycles. The Bertz CT molecular complexity index is 1450. The Morgan fingerprint density at radius 2 is 1.89 bits per heavy atom. The molecule has 1 N–H and O–H groups in total. The molecule has 0 amide bonds. The van der Waals surface area contributed by atoms with Crippen molar-refractivity contribution in [2.24, 2.45) is 0 Å². The van der Waals surface area contributed by atoms with Gasteiger partial charge in [-0.3, -0.25) is 9.36 Å². The van der Waals surface area contributed by atoms with E-state index in [1.54, 1.807) is 42.6 Å². The number of nitrogens with zero attached hydrogens (tertiary/aromatic N) is 2. The zero-order valence-electron chi connectivity index (χ0n) is 18.8. The van der Waals surface area contributed by atoms with Crippen LogP contribution in [-0.4, -0.2) is 40.3 Å². The number of rotatable bonds is 6. The summed E-state index contributed by atoms with van der Waals surface area (Å²) in [6, 6.07) is 15.6. The predicted molar refractivity (Wildman–Crippen MR) is 127 cm³/mol. The highest BCUT2D eigenvalue weighted by Crippen LogP contribution is 2.31. The highest BCUT2D eigenvalue weighted by atomic mass is 19.1. The Labute approximate surface area is 200 Å². The van der Waals surface area contributed by atoms with Gasteiger partial charge in [0.05, 0.1) is 7.11 Å². The van der Waals surface area contributed by atoms with E-state index < -0.39 is 11.8 Å². The van der Waals surface area contributed by atoms with Crippen LogP contribution in [0.4, 0.5) is 4.39 Å². The van der Waals surface area contributed by atoms with E-state index in [1.165, 1.54) is 17.7 Å². The van der Waals surface area contributed by atoms with Crippen LogP contribution in [0, 0.1) is 17.7 Å². The Morgan fingerprint density at radius 1 is 1.09 bits per heavy atom. The Kier molecular flexibility index (Phi) is 7.19. The number of ether oxygens (including phenoxy) is 2. The van der Waals surface area contributed by atoms with E-state index in [1.807, 2.05) is 6.07 Å². The maximum Gasteiger partial charge on any atom is 0.341 e. The number of esters is 1. The third-order valence-corrected chi connectivity index (χ3v) is 5.10. The average molecular weight is 472 g/mol. The number of benzene rings is 2. The fraction of sp³-hybridized carbons (Fsp3) is 0.148. The highest BCUT2D eigenvalue weighted by Gasteiger charge is 2.19. The van der Waals surface area contributed by atoms with Crippen molar-refractivity contribution >= 4 is 22.9 Å². The van der Waals surface area contributed by atoms with Crippen LogP contribution in [0.15, 0.2) is 66.9 Å². The van der Waals surface area contributed by atoms with E-state index in [4.69, 9.17) is 14.6 Å². The number of fused-ring (bicyclic) bond motifs is 1. The zero-order valence-corrected chi connectivity index (χ0v) is 18.8. The molecule has 0 atom stereocenters. The summed E-state index contributed by atoms with van der Waals surface area (Å²) in [6.45, 7) is -0.00922. The normalized spacial score (nSPS) is 10.5. The van der Waals surface area contributed by atoms with Crippen LogP contribution in [0.2, 0.25) is 0 Å². The molecule has 2 aromatic carbocycles. The molecule has 7 nitrogen and oxygen atoms in total. The lowest BCUT2D eigenvalue weighted by atomic mass is 10.2. The van der Waals surface area contributed by atoms with Gasteiger partial charge in [-0.15, -0.1) is 0 Å². The smallest absolute Gasteiger partial charge is 0.341 e. The fourth-order valence-corrected chi connectivity index (χ4v) is 3.38. The first-order valence-electron chi connectivity index (χ1n) is 10.8. The number of hydrogen-bond donors (Lipinski definition) is 1. The van der Waals surface area contributed by atoms with Gasteiger partial charge >= 0.3 is 5.97 Å². The van der Waals surface area contributed by atoms with Crippen molar-refractivity contribution < 1.29 is 28.6 Å². The van der Waals surface area contributed by atoms with Gasteiger partial charge in [-0.1, -0.05) is 24.1 Å². The number of carbonyl (C=O) groups excluding carboxylic acids is 2. The molecular weight excluding hydrogens is 451 g/mol. The molecule has 4 aromatic rings. The molecule has 0 radical (unpaired) electrons. The van der Waals surface area contributed by atoms with Crippen molar-refractivity contribution in [3.05, 3.63) is 89.5 Å². The minimum absolute atomic E-state index is 0.00922. The van der Waals surface area contributed by atoms with Crippen LogP contribution in [0.5, 0.6) is 11.5 Å². The van der Waals surface area contributed by atoms with Gasteiger partial charge in [-0.05, 0) is 48.7 Å². The number of methoxy groups -OCH3 is 1. The number of aliphatic hydroxyl groups excluding tert-OH is 1. The minimum Gasteiger partial charge on any atom is -0.465 e. The second kappa shape index (κ2) is 10.6. The number of aliphatic hydroxyl groups is 1. The second-order valence-corrected chi connectivity index (χ2v) is 7.47. The summed E-state index contributed by atoms with van der Waals surface area (Å²) >= 11 is 0. The molecule has 0 aliphatic heterocycles. The summed E-state index contributed by atoms with van der Waals surface area (Å²) in [6.07, 6.45) is 2.49. The van der Waals surface area contributed by atoms with Crippen molar-refractivity contribution in [3.8, 4) is 23.3 Å². The van der Waals surface area contributed by atoms with E-state index in [0.29, 0.717) is 29.4 Å². The van der Waals surface area contributed by atoms with Gasteiger partial charge in [-0.2, -0.15) is 0 Å². The van der Waals surface area contributed by atoms with Gasteiger partial charge in [0.25, 0.3) is 5.91 Å². The number of halogens is 1. The van der Waals surface area contributed by atoms with Crippen LogP contribution < -0.4 is 4.74 Å². The summed E-state index contributed by atoms with van der Waals surface area (Å²) < 4.78 is 26.1. The Hall–Kier alpha value is -4.48. The molecule has 2 heterocycles. The monoisotopic (exact) mass is 472 g/mol. The van der Waals surface area contributed by atoms with Crippen molar-refractivity contribution in [1.29, 1.82) is 0 Å². The van der Waals surface area contributed by atoms with E-state index in [-0.39, 0.29) is 35.3 Å². The van der Waals surface area contributed by atoms with Crippen LogP contribution in [-0.2, 0) is 4.74 Å². The topological polar surface area (TPSA) is 90.7 Å². The summed E-state index contributed by atoms with van der Waals surface area (Å²) in [5.74, 6) is 4.38. The second-order valence-electron chi connectivity index (χ2n) is 7.47. The molecule has 0 saturated heterocycles. The van der Waals surface area contributed by atoms with Crippen molar-refractivity contribution in [2.75, 3.05) is 13.7 Å². The van der Waals surface area contributed by atoms with Crippen molar-refractivity contribution in [2.45, 2.75) is 12.8 Å². The zero-order chi connectivity index (χ0) is 24.8. The number of hydrogen-bond acceptors (Lipinski definition) is 6. The Morgan fingerprint density at radius 3 is 2.63 bits per heavy atom. The van der Waals surface area contributed by atoms with Crippen LogP contribution in [0.25, 0.3) is 11.0 Å². The largest absolute Gasteiger partial charge is 0.465 e. The molecule has 2 aromatic heterocycles. The molecule has 176 valence electrons. The lowest BCUT2D eigenvalue weighted by molar-refractivity contribution is 0.0597. The first-order valence-corrected chi connectivity index (χ1v) is 10.8. The quantitative estimate of drug-likeness (QED) is 0.251. The summed E-state index contributed by atoms with van der Waals surface area (Å²) in [5, 5.41) is 9.62. The van der Waals surface area contributed by atoms with E-state index in [9.17, 15) is 14.0 Å². The summed E-state index contributed by atoms with van der Waals surface area (Å²) in [5.41, 5.74) is 1.08. The van der Waals surface area contributed by atoms with Gasteiger partial charge in [0, 0.05) is 36.2 Å². The molecule has 0 unspecified atom stereocenters. The van der Waals surface area contributed by atoms with Gasteiger partial charge in [0.15, 0.2) is 11.4 Å². The summed E-state index contributed by atoms with van der Waals surface area (Å²) in [7, 11) is 1.22. The van der Waals surface area contributed by atoms with Crippen molar-refractivity contribution in [3.63, 3.8) is 0 Å². The number of pyridine rings is 1. The summed E-state index contributed by atoms with van der Waals surface area (Å²) in [4.78, 5) is 29.8. The first kappa shape index (κ1) is 23.7. The van der Waals surface area contributed by atoms with Crippen LogP contribution in [0.1, 0.15) is 39.3 Å². The fourth-order valence-electron chi connectivity index (χ4n) is 3.38. The Balaban J connectivity index is 1.81. The molecular formula is C27H21FN2O5. The lowest BCUT2D eigenvalue weighted by Crippen LogP contribution is -2.11. The minimum atomic E-state index is -0.691. The van der Waals surface area contributed by atoms with Crippen LogP contribution >= 0.6 is 0 Å². The molecule has 0 aliphatic rings. The van der Waals surface area contributed by atoms with Crippen molar-refractivity contribution in [1.82, 2.24) is 9.55 Å². The predicted octanol–water partition coefficient (Wildman–Crippen LogP) is 4.57. The van der Waals surface area contributed by atoms with E-state index in [0.717, 1.165) is 12.1 Å². The number of aromatic nitrogens is 2. The maximum absolute atomic E-state index is 14.0. The molecule has 0 fully saturated rings. The molecule has 8 heteroatoms. The van der Waals surface area contributed by atoms with Gasteiger partial charge in [-0.25, -0.2) is 14.2 Å².